The van der Waals surface area contributed by atoms with Crippen molar-refractivity contribution in [3.05, 3.63) is 22.5 Å². The topological polar surface area (TPSA) is 79.2 Å². The fraction of sp³-hybridized carbons (Fsp3) is 0.700. The van der Waals surface area contributed by atoms with E-state index in [4.69, 9.17) is 5.73 Å². The molecule has 4 fully saturated rings. The monoisotopic (exact) mass is 343 g/mol. The maximum Gasteiger partial charge on any atom is 0.270 e. The third-order valence-corrected chi connectivity index (χ3v) is 7.05. The quantitative estimate of drug-likeness (QED) is 0.881. The van der Waals surface area contributed by atoms with Gasteiger partial charge in [-0.15, -0.1) is 0 Å². The van der Waals surface area contributed by atoms with Crippen molar-refractivity contribution in [2.45, 2.75) is 58.4 Å². The summed E-state index contributed by atoms with van der Waals surface area (Å²) in [5.74, 6) is 2.65. The second-order valence-electron chi connectivity index (χ2n) is 8.53. The first kappa shape index (κ1) is 16.7. The fourth-order valence-electron chi connectivity index (χ4n) is 6.39. The SMILES string of the molecule is CCc1c(C(=O)N(C)C2C3CC4CC(C3)CC2C4)[nH]c(C)c1C(N)=O. The third kappa shape index (κ3) is 2.51. The van der Waals surface area contributed by atoms with Crippen LogP contribution in [0.25, 0.3) is 0 Å². The normalized spacial score (nSPS) is 32.8. The van der Waals surface area contributed by atoms with Gasteiger partial charge in [0.05, 0.1) is 5.56 Å². The highest BCUT2D eigenvalue weighted by Crippen LogP contribution is 2.55. The molecule has 1 aromatic rings. The van der Waals surface area contributed by atoms with Gasteiger partial charge >= 0.3 is 0 Å². The summed E-state index contributed by atoms with van der Waals surface area (Å²) in [5.41, 5.74) is 8.05. The molecule has 4 aliphatic rings. The molecule has 4 saturated carbocycles. The van der Waals surface area contributed by atoms with E-state index < -0.39 is 5.91 Å². The molecule has 25 heavy (non-hydrogen) atoms. The Labute approximate surface area is 149 Å². The minimum atomic E-state index is -0.457. The van der Waals surface area contributed by atoms with Gasteiger partial charge in [0.25, 0.3) is 11.8 Å². The zero-order chi connectivity index (χ0) is 17.9. The van der Waals surface area contributed by atoms with Crippen LogP contribution in [-0.4, -0.2) is 34.8 Å². The van der Waals surface area contributed by atoms with Gasteiger partial charge in [-0.25, -0.2) is 0 Å². The van der Waals surface area contributed by atoms with E-state index in [2.05, 4.69) is 4.98 Å². The Morgan fingerprint density at radius 2 is 1.68 bits per heavy atom. The summed E-state index contributed by atoms with van der Waals surface area (Å²) in [6.45, 7) is 3.79. The molecule has 3 N–H and O–H groups in total. The van der Waals surface area contributed by atoms with E-state index in [9.17, 15) is 9.59 Å². The summed E-state index contributed by atoms with van der Waals surface area (Å²) in [6, 6.07) is 0.352. The van der Waals surface area contributed by atoms with Gasteiger partial charge in [-0.05, 0) is 74.7 Å². The summed E-state index contributed by atoms with van der Waals surface area (Å²) in [6.07, 6.45) is 7.17. The number of H-pyrrole nitrogens is 1. The lowest BCUT2D eigenvalue weighted by molar-refractivity contribution is -0.0492. The highest BCUT2D eigenvalue weighted by atomic mass is 16.2. The molecular weight excluding hydrogens is 314 g/mol. The van der Waals surface area contributed by atoms with Crippen LogP contribution in [0, 0.1) is 30.6 Å². The highest BCUT2D eigenvalue weighted by Gasteiger charge is 2.50. The molecule has 0 radical (unpaired) electrons. The summed E-state index contributed by atoms with van der Waals surface area (Å²) < 4.78 is 0. The lowest BCUT2D eigenvalue weighted by Gasteiger charge is -2.56. The number of primary amides is 1. The van der Waals surface area contributed by atoms with Crippen LogP contribution in [0.2, 0.25) is 0 Å². The first-order chi connectivity index (χ1) is 11.9. The number of carbonyl (C=O) groups is 2. The van der Waals surface area contributed by atoms with E-state index >= 15 is 0 Å². The molecule has 136 valence electrons. The van der Waals surface area contributed by atoms with Crippen LogP contribution >= 0.6 is 0 Å². The Morgan fingerprint density at radius 1 is 1.12 bits per heavy atom. The molecule has 1 heterocycles. The molecule has 0 unspecified atom stereocenters. The average molecular weight is 343 g/mol. The summed E-state index contributed by atoms with van der Waals surface area (Å²) in [5, 5.41) is 0. The Balaban J connectivity index is 1.63. The molecule has 0 aromatic carbocycles. The summed E-state index contributed by atoms with van der Waals surface area (Å²) >= 11 is 0. The molecule has 5 nitrogen and oxygen atoms in total. The van der Waals surface area contributed by atoms with Gasteiger partial charge < -0.3 is 15.6 Å². The maximum absolute atomic E-state index is 13.3. The smallest absolute Gasteiger partial charge is 0.270 e. The van der Waals surface area contributed by atoms with Gasteiger partial charge in [-0.1, -0.05) is 6.92 Å². The number of carbonyl (C=O) groups excluding carboxylic acids is 2. The average Bonchev–Trinajstić information content (AvgIpc) is 2.89. The lowest BCUT2D eigenvalue weighted by atomic mass is 9.54. The number of aromatic nitrogens is 1. The molecule has 4 aliphatic carbocycles. The van der Waals surface area contributed by atoms with Crippen LogP contribution in [-0.2, 0) is 6.42 Å². The molecule has 0 atom stereocenters. The Kier molecular flexibility index (Phi) is 3.93. The molecule has 5 rings (SSSR count). The predicted octanol–water partition coefficient (Wildman–Crippen LogP) is 2.88. The van der Waals surface area contributed by atoms with E-state index in [-0.39, 0.29) is 5.91 Å². The summed E-state index contributed by atoms with van der Waals surface area (Å²) in [4.78, 5) is 30.2. The van der Waals surface area contributed by atoms with Gasteiger partial charge in [-0.2, -0.15) is 0 Å². The van der Waals surface area contributed by atoms with E-state index in [0.29, 0.717) is 41.2 Å². The van der Waals surface area contributed by atoms with Crippen molar-refractivity contribution < 1.29 is 9.59 Å². The van der Waals surface area contributed by atoms with Crippen LogP contribution in [0.1, 0.15) is 71.1 Å². The number of aromatic amines is 1. The van der Waals surface area contributed by atoms with Gasteiger partial charge in [-0.3, -0.25) is 9.59 Å². The van der Waals surface area contributed by atoms with Crippen molar-refractivity contribution in [2.75, 3.05) is 7.05 Å². The third-order valence-electron chi connectivity index (χ3n) is 7.05. The molecule has 1 aromatic heterocycles. The van der Waals surface area contributed by atoms with Gasteiger partial charge in [0, 0.05) is 18.8 Å². The van der Waals surface area contributed by atoms with Crippen LogP contribution in [0.4, 0.5) is 0 Å². The summed E-state index contributed by atoms with van der Waals surface area (Å²) in [7, 11) is 1.95. The lowest BCUT2D eigenvalue weighted by Crippen LogP contribution is -2.56. The zero-order valence-electron chi connectivity index (χ0n) is 15.5. The van der Waals surface area contributed by atoms with Crippen LogP contribution < -0.4 is 5.73 Å². The van der Waals surface area contributed by atoms with Gasteiger partial charge in [0.1, 0.15) is 5.69 Å². The second kappa shape index (κ2) is 5.89. The Bertz CT molecular complexity index is 693. The van der Waals surface area contributed by atoms with Crippen LogP contribution in [0.3, 0.4) is 0 Å². The number of hydrogen-bond acceptors (Lipinski definition) is 2. The number of hydrogen-bond donors (Lipinski definition) is 2. The van der Waals surface area contributed by atoms with Crippen molar-refractivity contribution in [2.24, 2.45) is 29.4 Å². The standard InChI is InChI=1S/C20H29N3O2/c1-4-15-16(19(21)24)10(2)22-17(15)20(25)23(3)18-13-6-11-5-12(8-13)9-14(18)7-11/h11-14,18,22H,4-9H2,1-3H3,(H2,21,24). The molecule has 2 amide bonds. The molecular formula is C20H29N3O2. The number of amides is 2. The molecule has 0 spiro atoms. The number of nitrogens with two attached hydrogens (primary N) is 1. The van der Waals surface area contributed by atoms with E-state index in [1.807, 2.05) is 25.8 Å². The minimum Gasteiger partial charge on any atom is -0.366 e. The first-order valence-corrected chi connectivity index (χ1v) is 9.69. The number of aryl methyl sites for hydroxylation is 1. The van der Waals surface area contributed by atoms with E-state index in [1.54, 1.807) is 0 Å². The largest absolute Gasteiger partial charge is 0.366 e. The second-order valence-corrected chi connectivity index (χ2v) is 8.53. The molecule has 4 bridgehead atoms. The van der Waals surface area contributed by atoms with Crippen LogP contribution in [0.15, 0.2) is 0 Å². The number of rotatable bonds is 4. The van der Waals surface area contributed by atoms with Crippen LogP contribution in [0.5, 0.6) is 0 Å². The van der Waals surface area contributed by atoms with E-state index in [0.717, 1.165) is 17.4 Å². The van der Waals surface area contributed by atoms with Crippen molar-refractivity contribution in [3.8, 4) is 0 Å². The van der Waals surface area contributed by atoms with Crippen molar-refractivity contribution in [3.63, 3.8) is 0 Å². The molecule has 5 heteroatoms. The fourth-order valence-corrected chi connectivity index (χ4v) is 6.39. The Morgan fingerprint density at radius 3 is 2.16 bits per heavy atom. The number of nitrogens with one attached hydrogen (secondary N) is 1. The minimum absolute atomic E-state index is 0.0184. The zero-order valence-corrected chi connectivity index (χ0v) is 15.5. The predicted molar refractivity (Wildman–Crippen MR) is 96.4 cm³/mol. The highest BCUT2D eigenvalue weighted by molar-refractivity contribution is 6.02. The van der Waals surface area contributed by atoms with Crippen molar-refractivity contribution >= 4 is 11.8 Å². The van der Waals surface area contributed by atoms with Crippen molar-refractivity contribution in [1.82, 2.24) is 9.88 Å². The van der Waals surface area contributed by atoms with Gasteiger partial charge in [0.15, 0.2) is 0 Å². The number of nitrogens with zero attached hydrogens (tertiary/aromatic N) is 1. The molecule has 0 aliphatic heterocycles. The van der Waals surface area contributed by atoms with E-state index in [1.165, 1.54) is 32.1 Å². The van der Waals surface area contributed by atoms with Crippen molar-refractivity contribution in [1.29, 1.82) is 0 Å². The Hall–Kier alpha value is -1.78. The molecule has 0 saturated heterocycles. The maximum atomic E-state index is 13.3. The first-order valence-electron chi connectivity index (χ1n) is 9.69. The van der Waals surface area contributed by atoms with Gasteiger partial charge in [0.2, 0.25) is 0 Å².